The van der Waals surface area contributed by atoms with Crippen LogP contribution in [-0.2, 0) is 38.1 Å². The van der Waals surface area contributed by atoms with Gasteiger partial charge in [-0.05, 0) is 69.7 Å². The van der Waals surface area contributed by atoms with Gasteiger partial charge in [-0.2, -0.15) is 0 Å². The van der Waals surface area contributed by atoms with Crippen molar-refractivity contribution in [3.05, 3.63) is 77.9 Å². The van der Waals surface area contributed by atoms with Gasteiger partial charge < -0.3 is 23.7 Å². The fraction of sp³-hybridized carbons (Fsp3) is 0.526. The lowest BCUT2D eigenvalue weighted by Gasteiger charge is -2.62. The second-order valence-corrected chi connectivity index (χ2v) is 13.9. The van der Waals surface area contributed by atoms with Crippen LogP contribution in [0.3, 0.4) is 0 Å². The number of esters is 4. The zero-order valence-electron chi connectivity index (χ0n) is 28.3. The summed E-state index contributed by atoms with van der Waals surface area (Å²) in [6.45, 7) is 12.6. The third kappa shape index (κ3) is 6.10. The van der Waals surface area contributed by atoms with Crippen LogP contribution in [0.5, 0.6) is 0 Å². The summed E-state index contributed by atoms with van der Waals surface area (Å²) in [5, 5.41) is 0. The van der Waals surface area contributed by atoms with E-state index < -0.39 is 76.7 Å². The first-order valence-corrected chi connectivity index (χ1v) is 16.5. The van der Waals surface area contributed by atoms with Gasteiger partial charge in [0.15, 0.2) is 6.10 Å². The van der Waals surface area contributed by atoms with Gasteiger partial charge in [-0.15, -0.1) is 0 Å². The minimum Gasteiger partial charge on any atom is -0.459 e. The molecule has 1 saturated heterocycles. The monoisotopic (exact) mass is 646 g/mol. The van der Waals surface area contributed by atoms with E-state index in [1.807, 2.05) is 65.0 Å². The van der Waals surface area contributed by atoms with Gasteiger partial charge in [-0.3, -0.25) is 9.59 Å². The predicted octanol–water partition coefficient (Wildman–Crippen LogP) is 6.34. The molecule has 3 aliphatic rings. The van der Waals surface area contributed by atoms with E-state index >= 15 is 0 Å². The fourth-order valence-corrected chi connectivity index (χ4v) is 8.12. The van der Waals surface area contributed by atoms with Crippen molar-refractivity contribution in [3.8, 4) is 0 Å². The number of carbonyl (C=O) groups excluding carboxylic acids is 4. The summed E-state index contributed by atoms with van der Waals surface area (Å²) in [6.07, 6.45) is 0.591. The molecule has 252 valence electrons. The van der Waals surface area contributed by atoms with Crippen LogP contribution in [0.4, 0.5) is 0 Å². The highest BCUT2D eigenvalue weighted by Crippen LogP contribution is 2.68. The van der Waals surface area contributed by atoms with Gasteiger partial charge in [0, 0.05) is 13.0 Å². The zero-order chi connectivity index (χ0) is 34.1. The molecule has 0 aromatic heterocycles. The molecule has 5 rings (SSSR count). The Labute approximate surface area is 276 Å². The smallest absolute Gasteiger partial charge is 0.338 e. The van der Waals surface area contributed by atoms with Gasteiger partial charge in [0.2, 0.25) is 0 Å². The van der Waals surface area contributed by atoms with Crippen molar-refractivity contribution in [1.29, 1.82) is 0 Å². The van der Waals surface area contributed by atoms with Crippen molar-refractivity contribution in [2.75, 3.05) is 0 Å². The van der Waals surface area contributed by atoms with Crippen molar-refractivity contribution >= 4 is 30.0 Å². The highest BCUT2D eigenvalue weighted by atomic mass is 16.6. The number of fused-ring (bicyclic) bond motifs is 1. The molecule has 1 spiro atoms. The summed E-state index contributed by atoms with van der Waals surface area (Å²) in [6, 6.07) is 17.9. The van der Waals surface area contributed by atoms with Crippen LogP contribution in [0, 0.1) is 23.2 Å². The first-order chi connectivity index (χ1) is 22.3. The van der Waals surface area contributed by atoms with Gasteiger partial charge in [-0.25, -0.2) is 9.59 Å². The Bertz CT molecular complexity index is 1500. The molecular formula is C38H46O9. The topological polar surface area (TPSA) is 114 Å². The molecule has 9 atom stereocenters. The number of ether oxygens (including phenoxy) is 5. The van der Waals surface area contributed by atoms with E-state index in [1.165, 1.54) is 13.0 Å². The molecule has 3 fully saturated rings. The van der Waals surface area contributed by atoms with Crippen molar-refractivity contribution in [2.45, 2.75) is 103 Å². The normalized spacial score (nSPS) is 32.9. The van der Waals surface area contributed by atoms with Crippen LogP contribution in [0.25, 0.3) is 6.08 Å². The Morgan fingerprint density at radius 3 is 2.15 bits per heavy atom. The first kappa shape index (κ1) is 34.4. The van der Waals surface area contributed by atoms with Gasteiger partial charge in [0.1, 0.15) is 23.9 Å². The van der Waals surface area contributed by atoms with Crippen LogP contribution in [0.15, 0.2) is 66.7 Å². The van der Waals surface area contributed by atoms with E-state index in [0.717, 1.165) is 5.56 Å². The molecule has 2 aromatic carbocycles. The average Bonchev–Trinajstić information content (AvgIpc) is 3.25. The summed E-state index contributed by atoms with van der Waals surface area (Å²) in [7, 11) is 0. The standard InChI is InChI=1S/C38H46O9/c1-8-23(2)34(41)45-31-30-32(43-25(4)39)38(47-36(30,5)6)24(3)19-21-28(44-29(40)22-20-26-15-11-9-12-16-26)37(38,7)33(31)46-35(42)27-17-13-10-14-18-27/h9-18,20,22-24,28,30-33H,8,19,21H2,1-7H3/b22-20+/t23?,24-,28+,30-,31-,32-,33-,37+,38-/m1/s1. The Kier molecular flexibility index (Phi) is 9.69. The van der Waals surface area contributed by atoms with Gasteiger partial charge >= 0.3 is 23.9 Å². The van der Waals surface area contributed by atoms with Crippen molar-refractivity contribution < 1.29 is 42.9 Å². The minimum atomic E-state index is -1.32. The van der Waals surface area contributed by atoms with Crippen LogP contribution in [0.1, 0.15) is 83.7 Å². The highest BCUT2D eigenvalue weighted by molar-refractivity contribution is 5.89. The van der Waals surface area contributed by atoms with E-state index in [9.17, 15) is 19.2 Å². The van der Waals surface area contributed by atoms with Crippen LogP contribution in [-0.4, -0.2) is 59.5 Å². The number of benzene rings is 2. The second-order valence-electron chi connectivity index (χ2n) is 13.9. The molecule has 9 nitrogen and oxygen atoms in total. The maximum absolute atomic E-state index is 13.9. The molecule has 2 saturated carbocycles. The molecular weight excluding hydrogens is 600 g/mol. The average molecular weight is 647 g/mol. The summed E-state index contributed by atoms with van der Waals surface area (Å²) >= 11 is 0. The molecule has 2 aliphatic carbocycles. The molecule has 0 N–H and O–H groups in total. The fourth-order valence-electron chi connectivity index (χ4n) is 8.12. The van der Waals surface area contributed by atoms with Crippen molar-refractivity contribution in [1.82, 2.24) is 0 Å². The Morgan fingerprint density at radius 2 is 1.53 bits per heavy atom. The molecule has 2 aromatic rings. The maximum Gasteiger partial charge on any atom is 0.338 e. The zero-order valence-corrected chi connectivity index (χ0v) is 28.3. The van der Waals surface area contributed by atoms with Gasteiger partial charge in [0.25, 0.3) is 0 Å². The molecule has 1 unspecified atom stereocenters. The predicted molar refractivity (Wildman–Crippen MR) is 174 cm³/mol. The van der Waals surface area contributed by atoms with Gasteiger partial charge in [0.05, 0.1) is 28.4 Å². The first-order valence-electron chi connectivity index (χ1n) is 16.5. The lowest BCUT2D eigenvalue weighted by molar-refractivity contribution is -0.299. The number of hydrogen-bond acceptors (Lipinski definition) is 9. The van der Waals surface area contributed by atoms with Crippen molar-refractivity contribution in [2.24, 2.45) is 23.2 Å². The van der Waals surface area contributed by atoms with E-state index in [1.54, 1.807) is 43.3 Å². The van der Waals surface area contributed by atoms with E-state index in [0.29, 0.717) is 24.8 Å². The Morgan fingerprint density at radius 1 is 0.894 bits per heavy atom. The van der Waals surface area contributed by atoms with Crippen LogP contribution in [0.2, 0.25) is 0 Å². The molecule has 1 aliphatic heterocycles. The largest absolute Gasteiger partial charge is 0.459 e. The van der Waals surface area contributed by atoms with E-state index in [2.05, 4.69) is 0 Å². The van der Waals surface area contributed by atoms with E-state index in [4.69, 9.17) is 23.7 Å². The second kappa shape index (κ2) is 13.3. The van der Waals surface area contributed by atoms with Gasteiger partial charge in [-0.1, -0.05) is 69.3 Å². The van der Waals surface area contributed by atoms with E-state index in [-0.39, 0.29) is 5.92 Å². The molecule has 0 radical (unpaired) electrons. The minimum absolute atomic E-state index is 0.222. The SMILES string of the molecule is CCC(C)C(=O)O[C@@H]1[C@@H]2[C@@H](OC(C)=O)[C@]3(OC2(C)C)[C@H](C)CC[C@H](OC(=O)/C=C/c2ccccc2)[C@@]3(C)[C@@H]1OC(=O)c1ccccc1. The summed E-state index contributed by atoms with van der Waals surface area (Å²) in [5.74, 6) is -3.56. The Hall–Kier alpha value is -3.98. The molecule has 2 bridgehead atoms. The lowest BCUT2D eigenvalue weighted by Crippen LogP contribution is -2.76. The molecule has 47 heavy (non-hydrogen) atoms. The lowest BCUT2D eigenvalue weighted by atomic mass is 9.48. The quantitative estimate of drug-likeness (QED) is 0.175. The molecule has 0 amide bonds. The van der Waals surface area contributed by atoms with Crippen molar-refractivity contribution in [3.63, 3.8) is 0 Å². The van der Waals surface area contributed by atoms with Crippen LogP contribution >= 0.6 is 0 Å². The molecule has 1 heterocycles. The summed E-state index contributed by atoms with van der Waals surface area (Å²) < 4.78 is 32.3. The summed E-state index contributed by atoms with van der Waals surface area (Å²) in [5.41, 5.74) is -2.44. The third-order valence-electron chi connectivity index (χ3n) is 10.6. The number of carbonyl (C=O) groups is 4. The maximum atomic E-state index is 13.9. The number of hydrogen-bond donors (Lipinski definition) is 0. The van der Waals surface area contributed by atoms with Crippen LogP contribution < -0.4 is 0 Å². The molecule has 9 heteroatoms. The highest BCUT2D eigenvalue weighted by Gasteiger charge is 2.82. The number of rotatable bonds is 9. The third-order valence-corrected chi connectivity index (χ3v) is 10.6. The Balaban J connectivity index is 1.67. The summed E-state index contributed by atoms with van der Waals surface area (Å²) in [4.78, 5) is 53.7.